The number of nitrogens with zero attached hydrogens (tertiary/aromatic N) is 3. The summed E-state index contributed by atoms with van der Waals surface area (Å²) in [5.41, 5.74) is 2.60. The monoisotopic (exact) mass is 441 g/mol. The Morgan fingerprint density at radius 1 is 1.19 bits per heavy atom. The lowest BCUT2D eigenvalue weighted by Crippen LogP contribution is -2.32. The molecular formula is C23H24FN3O3S. The normalized spacial score (nSPS) is 10.7. The largest absolute Gasteiger partial charge is 0.486 e. The van der Waals surface area contributed by atoms with Crippen molar-refractivity contribution in [2.45, 2.75) is 33.6 Å². The fourth-order valence-electron chi connectivity index (χ4n) is 3.24. The molecule has 0 bridgehead atoms. The highest BCUT2D eigenvalue weighted by molar-refractivity contribution is 7.18. The maximum atomic E-state index is 14.2. The molecule has 1 heterocycles. The Morgan fingerprint density at radius 3 is 2.55 bits per heavy atom. The number of aromatic nitrogens is 2. The third kappa shape index (κ3) is 5.14. The summed E-state index contributed by atoms with van der Waals surface area (Å²) in [4.78, 5) is 25.2. The number of halogens is 1. The summed E-state index contributed by atoms with van der Waals surface area (Å²) in [6, 6.07) is 9.76. The highest BCUT2D eigenvalue weighted by atomic mass is 32.1. The zero-order valence-electron chi connectivity index (χ0n) is 17.7. The van der Waals surface area contributed by atoms with Crippen LogP contribution < -0.4 is 9.64 Å². The topological polar surface area (TPSA) is 72.4 Å². The van der Waals surface area contributed by atoms with Crippen LogP contribution >= 0.6 is 11.3 Å². The third-order valence-corrected chi connectivity index (χ3v) is 5.73. The molecule has 1 amide bonds. The average Bonchev–Trinajstić information content (AvgIpc) is 3.23. The lowest BCUT2D eigenvalue weighted by Gasteiger charge is -2.19. The molecule has 0 N–H and O–H groups in total. The van der Waals surface area contributed by atoms with Crippen LogP contribution in [0.25, 0.3) is 10.6 Å². The quantitative estimate of drug-likeness (QED) is 0.438. The lowest BCUT2D eigenvalue weighted by molar-refractivity contribution is -0.109. The van der Waals surface area contributed by atoms with Gasteiger partial charge in [-0.25, -0.2) is 4.39 Å². The number of amides is 1. The van der Waals surface area contributed by atoms with E-state index in [0.29, 0.717) is 28.7 Å². The molecule has 0 spiro atoms. The van der Waals surface area contributed by atoms with Gasteiger partial charge in [0.05, 0.1) is 5.56 Å². The molecule has 31 heavy (non-hydrogen) atoms. The van der Waals surface area contributed by atoms with Crippen LogP contribution in [0.5, 0.6) is 5.75 Å². The Hall–Kier alpha value is -3.13. The smallest absolute Gasteiger partial charge is 0.263 e. The molecule has 0 radical (unpaired) electrons. The first kappa shape index (κ1) is 22.6. The number of rotatable bonds is 9. The molecule has 0 aliphatic rings. The first-order chi connectivity index (χ1) is 15.0. The molecule has 3 rings (SSSR count). The van der Waals surface area contributed by atoms with Gasteiger partial charge in [-0.1, -0.05) is 36.8 Å². The van der Waals surface area contributed by atoms with Crippen LogP contribution in [0.1, 0.15) is 41.3 Å². The van der Waals surface area contributed by atoms with Crippen LogP contribution in [0.4, 0.5) is 9.52 Å². The second-order valence-electron chi connectivity index (χ2n) is 7.10. The van der Waals surface area contributed by atoms with Gasteiger partial charge in [-0.15, -0.1) is 10.2 Å². The average molecular weight is 442 g/mol. The van der Waals surface area contributed by atoms with Crippen molar-refractivity contribution in [2.24, 2.45) is 0 Å². The van der Waals surface area contributed by atoms with E-state index < -0.39 is 11.7 Å². The van der Waals surface area contributed by atoms with Crippen molar-refractivity contribution in [3.63, 3.8) is 0 Å². The maximum Gasteiger partial charge on any atom is 0.263 e. The van der Waals surface area contributed by atoms with Crippen LogP contribution in [-0.4, -0.2) is 35.5 Å². The number of anilines is 1. The Kier molecular flexibility index (Phi) is 7.46. The predicted molar refractivity (Wildman–Crippen MR) is 119 cm³/mol. The van der Waals surface area contributed by atoms with Crippen molar-refractivity contribution in [3.05, 3.63) is 58.9 Å². The SMILES string of the molecule is CCCCN(C(=O)c1ccccc1F)c1nnc(-c2cc(C)c(OCC=O)c(C)c2)s1. The molecule has 0 aliphatic carbocycles. The maximum absolute atomic E-state index is 14.2. The Labute approximate surface area is 184 Å². The molecule has 0 unspecified atom stereocenters. The Morgan fingerprint density at radius 2 is 1.90 bits per heavy atom. The van der Waals surface area contributed by atoms with E-state index in [2.05, 4.69) is 10.2 Å². The fourth-order valence-corrected chi connectivity index (χ4v) is 4.10. The van der Waals surface area contributed by atoms with Crippen molar-refractivity contribution in [3.8, 4) is 16.3 Å². The lowest BCUT2D eigenvalue weighted by atomic mass is 10.1. The van der Waals surface area contributed by atoms with Crippen LogP contribution in [0.3, 0.4) is 0 Å². The fraction of sp³-hybridized carbons (Fsp3) is 0.304. The Balaban J connectivity index is 1.93. The number of unbranched alkanes of at least 4 members (excludes halogenated alkanes) is 1. The minimum absolute atomic E-state index is 0.00543. The van der Waals surface area contributed by atoms with Crippen molar-refractivity contribution < 1.29 is 18.7 Å². The summed E-state index contributed by atoms with van der Waals surface area (Å²) >= 11 is 1.28. The van der Waals surface area contributed by atoms with E-state index in [9.17, 15) is 14.0 Å². The van der Waals surface area contributed by atoms with Crippen LogP contribution in [-0.2, 0) is 4.79 Å². The predicted octanol–water partition coefficient (Wildman–Crippen LogP) is 4.99. The van der Waals surface area contributed by atoms with Gasteiger partial charge in [-0.05, 0) is 55.7 Å². The second-order valence-corrected chi connectivity index (χ2v) is 8.05. The summed E-state index contributed by atoms with van der Waals surface area (Å²) in [5, 5.41) is 9.57. The number of aldehydes is 1. The molecule has 162 valence electrons. The van der Waals surface area contributed by atoms with Gasteiger partial charge in [0, 0.05) is 12.1 Å². The second kappa shape index (κ2) is 10.3. The van der Waals surface area contributed by atoms with Crippen LogP contribution in [0.15, 0.2) is 36.4 Å². The van der Waals surface area contributed by atoms with Crippen molar-refractivity contribution in [2.75, 3.05) is 18.1 Å². The van der Waals surface area contributed by atoms with Gasteiger partial charge in [0.2, 0.25) is 5.13 Å². The molecule has 2 aromatic carbocycles. The highest BCUT2D eigenvalue weighted by Gasteiger charge is 2.24. The molecule has 8 heteroatoms. The van der Waals surface area contributed by atoms with Crippen molar-refractivity contribution in [1.82, 2.24) is 10.2 Å². The minimum atomic E-state index is -0.559. The van der Waals surface area contributed by atoms with Gasteiger partial charge in [-0.3, -0.25) is 14.5 Å². The molecule has 0 fully saturated rings. The summed E-state index contributed by atoms with van der Waals surface area (Å²) in [6.07, 6.45) is 2.35. The number of hydrogen-bond donors (Lipinski definition) is 0. The third-order valence-electron chi connectivity index (χ3n) is 4.73. The minimum Gasteiger partial charge on any atom is -0.486 e. The highest BCUT2D eigenvalue weighted by Crippen LogP contribution is 2.34. The standard InChI is InChI=1S/C23H24FN3O3S/c1-4-5-10-27(22(29)18-8-6-7-9-19(18)24)23-26-25-21(31-23)17-13-15(2)20(16(3)14-17)30-12-11-28/h6-9,11,13-14H,4-5,10,12H2,1-3H3. The molecular weight excluding hydrogens is 417 g/mol. The number of aryl methyl sites for hydroxylation is 2. The first-order valence-electron chi connectivity index (χ1n) is 10.0. The van der Waals surface area contributed by atoms with E-state index in [1.54, 1.807) is 12.1 Å². The van der Waals surface area contributed by atoms with E-state index in [-0.39, 0.29) is 12.2 Å². The summed E-state index contributed by atoms with van der Waals surface area (Å²) in [5.74, 6) is -0.324. The molecule has 0 saturated heterocycles. The van der Waals surface area contributed by atoms with E-state index in [4.69, 9.17) is 4.74 Å². The van der Waals surface area contributed by atoms with Gasteiger partial charge < -0.3 is 4.74 Å². The van der Waals surface area contributed by atoms with Gasteiger partial charge >= 0.3 is 0 Å². The van der Waals surface area contributed by atoms with Gasteiger partial charge in [0.25, 0.3) is 5.91 Å². The van der Waals surface area contributed by atoms with Crippen LogP contribution in [0.2, 0.25) is 0 Å². The van der Waals surface area contributed by atoms with Gasteiger partial charge in [-0.2, -0.15) is 0 Å². The number of ether oxygens (including phenoxy) is 1. The number of carbonyl (C=O) groups is 2. The molecule has 3 aromatic rings. The van der Waals surface area contributed by atoms with E-state index in [0.717, 1.165) is 29.5 Å². The molecule has 0 atom stereocenters. The molecule has 0 saturated carbocycles. The van der Waals surface area contributed by atoms with Crippen molar-refractivity contribution in [1.29, 1.82) is 0 Å². The Bertz CT molecular complexity index is 1060. The van der Waals surface area contributed by atoms with E-state index in [1.807, 2.05) is 32.9 Å². The van der Waals surface area contributed by atoms with E-state index >= 15 is 0 Å². The number of carbonyl (C=O) groups excluding carboxylic acids is 2. The van der Waals surface area contributed by atoms with Crippen molar-refractivity contribution >= 4 is 28.7 Å². The summed E-state index contributed by atoms with van der Waals surface area (Å²) in [6.45, 7) is 6.24. The summed E-state index contributed by atoms with van der Waals surface area (Å²) in [7, 11) is 0. The van der Waals surface area contributed by atoms with Gasteiger partial charge in [0.1, 0.15) is 23.2 Å². The van der Waals surface area contributed by atoms with Gasteiger partial charge in [0.15, 0.2) is 6.29 Å². The number of benzene rings is 2. The number of hydrogen-bond acceptors (Lipinski definition) is 6. The first-order valence-corrected chi connectivity index (χ1v) is 10.9. The summed E-state index contributed by atoms with van der Waals surface area (Å²) < 4.78 is 19.7. The molecule has 0 aliphatic heterocycles. The zero-order valence-corrected chi connectivity index (χ0v) is 18.5. The zero-order chi connectivity index (χ0) is 22.4. The van der Waals surface area contributed by atoms with Crippen LogP contribution in [0, 0.1) is 19.7 Å². The van der Waals surface area contributed by atoms with E-state index in [1.165, 1.54) is 28.4 Å². The molecule has 6 nitrogen and oxygen atoms in total. The molecule has 1 aromatic heterocycles.